The van der Waals surface area contributed by atoms with E-state index in [2.05, 4.69) is 12.2 Å². The number of hydrogen-bond donors (Lipinski definition) is 1. The lowest BCUT2D eigenvalue weighted by atomic mass is 10.0. The highest BCUT2D eigenvalue weighted by molar-refractivity contribution is 5.96. The lowest BCUT2D eigenvalue weighted by molar-refractivity contribution is -0.121. The maximum atomic E-state index is 12.2. The third-order valence-electron chi connectivity index (χ3n) is 3.77. The minimum Gasteiger partial charge on any atom is -0.486 e. The molecule has 0 spiro atoms. The molecule has 1 aromatic rings. The van der Waals surface area contributed by atoms with Crippen LogP contribution < -0.4 is 14.8 Å². The first-order valence-electron chi connectivity index (χ1n) is 8.40. The van der Waals surface area contributed by atoms with Crippen molar-refractivity contribution in [1.82, 2.24) is 5.32 Å². The van der Waals surface area contributed by atoms with Gasteiger partial charge in [-0.3, -0.25) is 9.59 Å². The number of carbonyl (C=O) groups excluding carboxylic acids is 2. The Bertz CT molecular complexity index is 542. The molecule has 126 valence electrons. The second-order valence-corrected chi connectivity index (χ2v) is 5.69. The smallest absolute Gasteiger partial charge is 0.220 e. The molecule has 5 heteroatoms. The lowest BCUT2D eigenvalue weighted by Gasteiger charge is -2.18. The number of rotatable bonds is 9. The molecule has 0 atom stereocenters. The highest BCUT2D eigenvalue weighted by atomic mass is 16.6. The normalized spacial score (nSPS) is 12.7. The largest absolute Gasteiger partial charge is 0.486 e. The topological polar surface area (TPSA) is 64.6 Å². The number of benzene rings is 1. The van der Waals surface area contributed by atoms with Gasteiger partial charge in [-0.25, -0.2) is 0 Å². The second-order valence-electron chi connectivity index (χ2n) is 5.69. The molecule has 0 fully saturated rings. The van der Waals surface area contributed by atoms with Crippen LogP contribution in [0.3, 0.4) is 0 Å². The number of unbranched alkanes of at least 4 members (excludes halogenated alkanes) is 2. The molecule has 5 nitrogen and oxygen atoms in total. The summed E-state index contributed by atoms with van der Waals surface area (Å²) in [6, 6.07) is 5.24. The van der Waals surface area contributed by atoms with Crippen LogP contribution in [0.5, 0.6) is 11.5 Å². The number of carbonyl (C=O) groups is 2. The first-order chi connectivity index (χ1) is 11.2. The van der Waals surface area contributed by atoms with Crippen LogP contribution >= 0.6 is 0 Å². The Morgan fingerprint density at radius 1 is 1.04 bits per heavy atom. The van der Waals surface area contributed by atoms with E-state index >= 15 is 0 Å². The predicted octanol–water partition coefficient (Wildman–Crippen LogP) is 3.12. The fourth-order valence-corrected chi connectivity index (χ4v) is 2.46. The number of hydrogen-bond acceptors (Lipinski definition) is 4. The van der Waals surface area contributed by atoms with E-state index in [0.717, 1.165) is 25.8 Å². The maximum Gasteiger partial charge on any atom is 0.220 e. The quantitative estimate of drug-likeness (QED) is 0.561. The van der Waals surface area contributed by atoms with Gasteiger partial charge in [-0.05, 0) is 31.0 Å². The van der Waals surface area contributed by atoms with Crippen molar-refractivity contribution < 1.29 is 19.1 Å². The molecule has 0 radical (unpaired) electrons. The summed E-state index contributed by atoms with van der Waals surface area (Å²) in [4.78, 5) is 23.8. The molecule has 23 heavy (non-hydrogen) atoms. The predicted molar refractivity (Wildman–Crippen MR) is 88.1 cm³/mol. The van der Waals surface area contributed by atoms with Crippen molar-refractivity contribution >= 4 is 11.7 Å². The summed E-state index contributed by atoms with van der Waals surface area (Å²) in [5.74, 6) is 1.35. The summed E-state index contributed by atoms with van der Waals surface area (Å²) in [7, 11) is 0. The first kappa shape index (κ1) is 17.3. The fourth-order valence-electron chi connectivity index (χ4n) is 2.46. The van der Waals surface area contributed by atoms with E-state index in [0.29, 0.717) is 49.5 Å². The SMILES string of the molecule is CCCCCNC(=O)CCCC(=O)c1ccc2c(c1)OCCO2. The van der Waals surface area contributed by atoms with Gasteiger partial charge in [0.25, 0.3) is 0 Å². The molecular weight excluding hydrogens is 294 g/mol. The fraction of sp³-hybridized carbons (Fsp3) is 0.556. The molecule has 0 aromatic heterocycles. The zero-order chi connectivity index (χ0) is 16.5. The van der Waals surface area contributed by atoms with Gasteiger partial charge in [0.15, 0.2) is 17.3 Å². The summed E-state index contributed by atoms with van der Waals surface area (Å²) >= 11 is 0. The minimum absolute atomic E-state index is 0.0241. The Morgan fingerprint density at radius 3 is 2.61 bits per heavy atom. The van der Waals surface area contributed by atoms with Crippen molar-refractivity contribution in [1.29, 1.82) is 0 Å². The monoisotopic (exact) mass is 319 g/mol. The number of ketones is 1. The molecular formula is C18H25NO4. The van der Waals surface area contributed by atoms with E-state index in [1.807, 2.05) is 0 Å². The molecule has 2 rings (SSSR count). The number of Topliss-reactive ketones (excluding diaryl/α,β-unsaturated/α-hetero) is 1. The van der Waals surface area contributed by atoms with Gasteiger partial charge in [0.2, 0.25) is 5.91 Å². The van der Waals surface area contributed by atoms with E-state index in [-0.39, 0.29) is 11.7 Å². The van der Waals surface area contributed by atoms with Gasteiger partial charge >= 0.3 is 0 Å². The molecule has 0 saturated carbocycles. The molecule has 0 unspecified atom stereocenters. The lowest BCUT2D eigenvalue weighted by Crippen LogP contribution is -2.24. The number of nitrogens with one attached hydrogen (secondary N) is 1. The molecule has 1 heterocycles. The Labute approximate surface area is 137 Å². The van der Waals surface area contributed by atoms with Crippen LogP contribution in [0.2, 0.25) is 0 Å². The van der Waals surface area contributed by atoms with Crippen molar-refractivity contribution in [3.63, 3.8) is 0 Å². The maximum absolute atomic E-state index is 12.2. The molecule has 1 aliphatic heterocycles. The van der Waals surface area contributed by atoms with Crippen LogP contribution in [0.4, 0.5) is 0 Å². The Balaban J connectivity index is 1.71. The standard InChI is InChI=1S/C18H25NO4/c1-2-3-4-10-19-18(21)7-5-6-15(20)14-8-9-16-17(13-14)23-12-11-22-16/h8-9,13H,2-7,10-12H2,1H3,(H,19,21). The summed E-state index contributed by atoms with van der Waals surface area (Å²) in [6.07, 6.45) is 4.60. The highest BCUT2D eigenvalue weighted by Gasteiger charge is 2.15. The molecule has 0 aliphatic carbocycles. The van der Waals surface area contributed by atoms with Crippen molar-refractivity contribution in [2.75, 3.05) is 19.8 Å². The Kier molecular flexibility index (Phi) is 6.91. The zero-order valence-corrected chi connectivity index (χ0v) is 13.7. The zero-order valence-electron chi connectivity index (χ0n) is 13.7. The van der Waals surface area contributed by atoms with Crippen LogP contribution in [0.15, 0.2) is 18.2 Å². The third-order valence-corrected chi connectivity index (χ3v) is 3.77. The highest BCUT2D eigenvalue weighted by Crippen LogP contribution is 2.31. The van der Waals surface area contributed by atoms with E-state index in [1.54, 1.807) is 18.2 Å². The van der Waals surface area contributed by atoms with Gasteiger partial charge in [0, 0.05) is 24.9 Å². The number of ether oxygens (including phenoxy) is 2. The third kappa shape index (κ3) is 5.58. The van der Waals surface area contributed by atoms with Gasteiger partial charge in [-0.15, -0.1) is 0 Å². The van der Waals surface area contributed by atoms with Crippen LogP contribution in [-0.4, -0.2) is 31.4 Å². The second kappa shape index (κ2) is 9.18. The van der Waals surface area contributed by atoms with E-state index < -0.39 is 0 Å². The summed E-state index contributed by atoms with van der Waals surface area (Å²) in [5.41, 5.74) is 0.609. The van der Waals surface area contributed by atoms with E-state index in [9.17, 15) is 9.59 Å². The van der Waals surface area contributed by atoms with Gasteiger partial charge in [-0.1, -0.05) is 19.8 Å². The van der Waals surface area contributed by atoms with Gasteiger partial charge in [0.05, 0.1) is 0 Å². The Hall–Kier alpha value is -2.04. The average Bonchev–Trinajstić information content (AvgIpc) is 2.58. The van der Waals surface area contributed by atoms with Crippen molar-refractivity contribution in [2.45, 2.75) is 45.4 Å². The van der Waals surface area contributed by atoms with Crippen LogP contribution in [-0.2, 0) is 4.79 Å². The first-order valence-corrected chi connectivity index (χ1v) is 8.40. The van der Waals surface area contributed by atoms with Crippen LogP contribution in [0.1, 0.15) is 55.8 Å². The van der Waals surface area contributed by atoms with Gasteiger partial charge in [0.1, 0.15) is 13.2 Å². The van der Waals surface area contributed by atoms with E-state index in [1.165, 1.54) is 0 Å². The minimum atomic E-state index is 0.0241. The average molecular weight is 319 g/mol. The molecule has 1 N–H and O–H groups in total. The van der Waals surface area contributed by atoms with Crippen LogP contribution in [0.25, 0.3) is 0 Å². The molecule has 0 bridgehead atoms. The van der Waals surface area contributed by atoms with Crippen molar-refractivity contribution in [3.05, 3.63) is 23.8 Å². The van der Waals surface area contributed by atoms with E-state index in [4.69, 9.17) is 9.47 Å². The molecule has 1 aromatic carbocycles. The molecule has 1 amide bonds. The number of amides is 1. The van der Waals surface area contributed by atoms with Crippen LogP contribution in [0, 0.1) is 0 Å². The van der Waals surface area contributed by atoms with Gasteiger partial charge in [-0.2, -0.15) is 0 Å². The molecule has 0 saturated heterocycles. The summed E-state index contributed by atoms with van der Waals surface area (Å²) < 4.78 is 10.9. The van der Waals surface area contributed by atoms with Gasteiger partial charge < -0.3 is 14.8 Å². The summed E-state index contributed by atoms with van der Waals surface area (Å²) in [6.45, 7) is 3.89. The number of fused-ring (bicyclic) bond motifs is 1. The van der Waals surface area contributed by atoms with Crippen molar-refractivity contribution in [2.24, 2.45) is 0 Å². The van der Waals surface area contributed by atoms with Crippen molar-refractivity contribution in [3.8, 4) is 11.5 Å². The Morgan fingerprint density at radius 2 is 1.83 bits per heavy atom. The molecule has 1 aliphatic rings. The summed E-state index contributed by atoms with van der Waals surface area (Å²) in [5, 5.41) is 2.89.